The fraction of sp³-hybridized carbons (Fsp3) is 0.611. The van der Waals surface area contributed by atoms with Crippen molar-refractivity contribution in [3.05, 3.63) is 29.6 Å². The molecule has 1 amide bonds. The molecule has 0 saturated carbocycles. The van der Waals surface area contributed by atoms with Crippen molar-refractivity contribution in [2.75, 3.05) is 39.3 Å². The van der Waals surface area contributed by atoms with Crippen molar-refractivity contribution >= 4 is 15.9 Å². The molecule has 0 aliphatic carbocycles. The number of sulfonamides is 1. The Morgan fingerprint density at radius 3 is 2.63 bits per heavy atom. The number of morpholine rings is 1. The van der Waals surface area contributed by atoms with Crippen LogP contribution in [-0.4, -0.2) is 69.1 Å². The summed E-state index contributed by atoms with van der Waals surface area (Å²) in [5.74, 6) is -1.27. The number of hydrogen-bond acceptors (Lipinski definition) is 5. The molecule has 2 saturated heterocycles. The van der Waals surface area contributed by atoms with Crippen LogP contribution in [0.2, 0.25) is 0 Å². The molecule has 2 N–H and O–H groups in total. The molecule has 3 rings (SSSR count). The summed E-state index contributed by atoms with van der Waals surface area (Å²) in [6.07, 6.45) is 2.44. The Bertz CT molecular complexity index is 805. The van der Waals surface area contributed by atoms with Crippen LogP contribution in [0.15, 0.2) is 23.1 Å². The number of nitrogens with two attached hydrogens (primary N) is 1. The van der Waals surface area contributed by atoms with Gasteiger partial charge in [-0.25, -0.2) is 17.9 Å². The fourth-order valence-electron chi connectivity index (χ4n) is 3.87. The normalized spacial score (nSPS) is 20.8. The van der Waals surface area contributed by atoms with E-state index in [-0.39, 0.29) is 16.1 Å². The number of benzene rings is 1. The lowest BCUT2D eigenvalue weighted by atomic mass is 9.89. The van der Waals surface area contributed by atoms with Gasteiger partial charge in [0.25, 0.3) is 5.91 Å². The maximum atomic E-state index is 14.1. The second-order valence-electron chi connectivity index (χ2n) is 7.29. The first-order valence-electron chi connectivity index (χ1n) is 9.22. The number of piperidine rings is 1. The molecule has 0 bridgehead atoms. The van der Waals surface area contributed by atoms with E-state index in [2.05, 4.69) is 11.8 Å². The predicted octanol–water partition coefficient (Wildman–Crippen LogP) is 1.19. The average molecular weight is 399 g/mol. The summed E-state index contributed by atoms with van der Waals surface area (Å²) in [7, 11) is -4.00. The van der Waals surface area contributed by atoms with E-state index < -0.39 is 21.7 Å². The quantitative estimate of drug-likeness (QED) is 0.821. The topological polar surface area (TPSA) is 92.9 Å². The minimum Gasteiger partial charge on any atom is -0.372 e. The number of carbonyl (C=O) groups is 1. The van der Waals surface area contributed by atoms with Gasteiger partial charge in [0.2, 0.25) is 10.0 Å². The zero-order chi connectivity index (χ0) is 19.7. The maximum absolute atomic E-state index is 14.1. The molecule has 0 aromatic heterocycles. The molecule has 2 heterocycles. The Kier molecular flexibility index (Phi) is 5.85. The zero-order valence-electron chi connectivity index (χ0n) is 15.5. The Balaban J connectivity index is 1.70. The SMILES string of the molecule is CCCN1CCOC2(CCN(C(=O)c3cc(S(N)(=O)=O)ccc3F)CC2)C1. The lowest BCUT2D eigenvalue weighted by Gasteiger charge is -2.47. The molecule has 27 heavy (non-hydrogen) atoms. The van der Waals surface area contributed by atoms with Crippen LogP contribution in [0.3, 0.4) is 0 Å². The second kappa shape index (κ2) is 7.83. The van der Waals surface area contributed by atoms with E-state index in [1.54, 1.807) is 4.90 Å². The first-order valence-corrected chi connectivity index (χ1v) is 10.8. The minimum atomic E-state index is -4.00. The summed E-state index contributed by atoms with van der Waals surface area (Å²) in [6, 6.07) is 3.04. The molecule has 7 nitrogen and oxygen atoms in total. The largest absolute Gasteiger partial charge is 0.372 e. The molecular weight excluding hydrogens is 373 g/mol. The van der Waals surface area contributed by atoms with Gasteiger partial charge in [-0.3, -0.25) is 9.69 Å². The molecule has 1 aromatic rings. The van der Waals surface area contributed by atoms with Gasteiger partial charge in [-0.1, -0.05) is 6.92 Å². The number of halogens is 1. The molecule has 0 radical (unpaired) electrons. The predicted molar refractivity (Wildman–Crippen MR) is 98.3 cm³/mol. The summed E-state index contributed by atoms with van der Waals surface area (Å²) in [5, 5.41) is 5.09. The number of nitrogens with zero attached hydrogens (tertiary/aromatic N) is 2. The van der Waals surface area contributed by atoms with Crippen LogP contribution in [0.1, 0.15) is 36.5 Å². The molecule has 0 unspecified atom stereocenters. The van der Waals surface area contributed by atoms with E-state index in [0.717, 1.165) is 44.3 Å². The summed E-state index contributed by atoms with van der Waals surface area (Å²) in [6.45, 7) is 6.50. The number of primary sulfonamides is 1. The Labute approximate surface area is 159 Å². The average Bonchev–Trinajstić information content (AvgIpc) is 2.62. The summed E-state index contributed by atoms with van der Waals surface area (Å²) < 4.78 is 43.2. The molecule has 9 heteroatoms. The molecule has 1 spiro atoms. The second-order valence-corrected chi connectivity index (χ2v) is 8.85. The molecule has 2 aliphatic heterocycles. The van der Waals surface area contributed by atoms with Gasteiger partial charge in [0, 0.05) is 26.2 Å². The van der Waals surface area contributed by atoms with Gasteiger partial charge in [0.05, 0.1) is 22.7 Å². The van der Waals surface area contributed by atoms with E-state index in [1.165, 1.54) is 0 Å². The molecule has 1 aromatic carbocycles. The summed E-state index contributed by atoms with van der Waals surface area (Å²) in [4.78, 5) is 16.4. The molecule has 2 aliphatic rings. The van der Waals surface area contributed by atoms with Crippen molar-refractivity contribution in [1.82, 2.24) is 9.80 Å². The van der Waals surface area contributed by atoms with Crippen molar-refractivity contribution in [2.45, 2.75) is 36.7 Å². The van der Waals surface area contributed by atoms with Crippen LogP contribution >= 0.6 is 0 Å². The molecule has 150 valence electrons. The van der Waals surface area contributed by atoms with Crippen LogP contribution in [0, 0.1) is 5.82 Å². The Morgan fingerprint density at radius 1 is 1.30 bits per heavy atom. The Morgan fingerprint density at radius 2 is 2.00 bits per heavy atom. The highest BCUT2D eigenvalue weighted by Crippen LogP contribution is 2.31. The minimum absolute atomic E-state index is 0.259. The summed E-state index contributed by atoms with van der Waals surface area (Å²) >= 11 is 0. The van der Waals surface area contributed by atoms with Gasteiger partial charge in [-0.15, -0.1) is 0 Å². The highest BCUT2D eigenvalue weighted by molar-refractivity contribution is 7.89. The van der Waals surface area contributed by atoms with Gasteiger partial charge in [0.15, 0.2) is 0 Å². The molecular formula is C18H26FN3O4S. The van der Waals surface area contributed by atoms with Crippen LogP contribution in [0.5, 0.6) is 0 Å². The van der Waals surface area contributed by atoms with Crippen LogP contribution < -0.4 is 5.14 Å². The van der Waals surface area contributed by atoms with E-state index in [9.17, 15) is 17.6 Å². The van der Waals surface area contributed by atoms with Crippen molar-refractivity contribution in [1.29, 1.82) is 0 Å². The zero-order valence-corrected chi connectivity index (χ0v) is 16.3. The third kappa shape index (κ3) is 4.48. The highest BCUT2D eigenvalue weighted by Gasteiger charge is 2.40. The number of ether oxygens (including phenoxy) is 1. The van der Waals surface area contributed by atoms with Crippen molar-refractivity contribution < 1.29 is 22.3 Å². The van der Waals surface area contributed by atoms with Crippen LogP contribution in [-0.2, 0) is 14.8 Å². The first-order chi connectivity index (χ1) is 12.7. The van der Waals surface area contributed by atoms with Gasteiger partial charge >= 0.3 is 0 Å². The number of rotatable bonds is 4. The van der Waals surface area contributed by atoms with E-state index in [4.69, 9.17) is 9.88 Å². The number of amides is 1. The molecule has 2 fully saturated rings. The lowest BCUT2D eigenvalue weighted by molar-refractivity contribution is -0.132. The number of hydrogen-bond donors (Lipinski definition) is 1. The maximum Gasteiger partial charge on any atom is 0.256 e. The van der Waals surface area contributed by atoms with Gasteiger partial charge < -0.3 is 9.64 Å². The highest BCUT2D eigenvalue weighted by atomic mass is 32.2. The smallest absolute Gasteiger partial charge is 0.256 e. The van der Waals surface area contributed by atoms with Gasteiger partial charge in [0.1, 0.15) is 5.82 Å². The van der Waals surface area contributed by atoms with Gasteiger partial charge in [-0.05, 0) is 44.0 Å². The number of carbonyl (C=O) groups excluding carboxylic acids is 1. The summed E-state index contributed by atoms with van der Waals surface area (Å²) in [5.41, 5.74) is -0.528. The Hall–Kier alpha value is -1.55. The third-order valence-electron chi connectivity index (χ3n) is 5.33. The third-order valence-corrected chi connectivity index (χ3v) is 6.24. The van der Waals surface area contributed by atoms with Crippen molar-refractivity contribution in [3.63, 3.8) is 0 Å². The fourth-order valence-corrected chi connectivity index (χ4v) is 4.41. The molecule has 0 atom stereocenters. The number of likely N-dealkylation sites (tertiary alicyclic amines) is 1. The van der Waals surface area contributed by atoms with E-state index in [0.29, 0.717) is 32.5 Å². The van der Waals surface area contributed by atoms with Crippen LogP contribution in [0.25, 0.3) is 0 Å². The van der Waals surface area contributed by atoms with Crippen LogP contribution in [0.4, 0.5) is 4.39 Å². The monoisotopic (exact) mass is 399 g/mol. The first kappa shape index (κ1) is 20.2. The lowest BCUT2D eigenvalue weighted by Crippen LogP contribution is -2.57. The standard InChI is InChI=1S/C18H26FN3O4S/c1-2-7-21-10-11-26-18(13-21)5-8-22(9-6-18)17(23)15-12-14(27(20,24)25)3-4-16(15)19/h3-4,12H,2,5-11,13H2,1H3,(H2,20,24,25). The van der Waals surface area contributed by atoms with E-state index in [1.807, 2.05) is 0 Å². The van der Waals surface area contributed by atoms with Gasteiger partial charge in [-0.2, -0.15) is 0 Å². The van der Waals surface area contributed by atoms with Crippen molar-refractivity contribution in [3.8, 4) is 0 Å². The van der Waals surface area contributed by atoms with Crippen molar-refractivity contribution in [2.24, 2.45) is 5.14 Å². The van der Waals surface area contributed by atoms with E-state index >= 15 is 0 Å².